The fourth-order valence-corrected chi connectivity index (χ4v) is 5.13. The van der Waals surface area contributed by atoms with Crippen LogP contribution in [-0.2, 0) is 25.5 Å². The SMILES string of the molecule is CCCC(C)(CC)c1ccc(S(=O)(=O)[NH2+]S(=O)(=O)C(F)(F)F)cc1. The van der Waals surface area contributed by atoms with Crippen LogP contribution in [0.5, 0.6) is 0 Å². The first-order valence-corrected chi connectivity index (χ1v) is 10.4. The van der Waals surface area contributed by atoms with Crippen molar-refractivity contribution in [3.8, 4) is 0 Å². The maximum Gasteiger partial charge on any atom is 0.550 e. The number of primary sulfonamides is 2. The van der Waals surface area contributed by atoms with Gasteiger partial charge in [-0.1, -0.05) is 39.3 Å². The number of sulfonamides is 2. The van der Waals surface area contributed by atoms with Gasteiger partial charge in [-0.05, 0) is 36.0 Å². The van der Waals surface area contributed by atoms with Crippen LogP contribution in [0, 0.1) is 0 Å². The average molecular weight is 388 g/mol. The van der Waals surface area contributed by atoms with Crippen LogP contribution in [0.2, 0.25) is 0 Å². The molecule has 0 radical (unpaired) electrons. The Morgan fingerprint density at radius 1 is 1.00 bits per heavy atom. The van der Waals surface area contributed by atoms with E-state index in [-0.39, 0.29) is 5.41 Å². The van der Waals surface area contributed by atoms with Gasteiger partial charge in [0.05, 0.1) is 0 Å². The Bertz CT molecular complexity index is 771. The highest BCUT2D eigenvalue weighted by Gasteiger charge is 2.52. The maximum absolute atomic E-state index is 12.3. The first-order chi connectivity index (χ1) is 10.8. The molecular weight excluding hydrogens is 367 g/mol. The van der Waals surface area contributed by atoms with E-state index in [4.69, 9.17) is 0 Å². The molecule has 1 rings (SSSR count). The molecule has 0 heterocycles. The van der Waals surface area contributed by atoms with Crippen LogP contribution in [-0.4, -0.2) is 22.3 Å². The average Bonchev–Trinajstić information content (AvgIpc) is 2.45. The van der Waals surface area contributed by atoms with E-state index >= 15 is 0 Å². The summed E-state index contributed by atoms with van der Waals surface area (Å²) in [4.78, 5) is -0.492. The molecule has 1 aromatic rings. The highest BCUT2D eigenvalue weighted by molar-refractivity contribution is 7.96. The number of rotatable bonds is 7. The molecule has 138 valence electrons. The fraction of sp³-hybridized carbons (Fsp3) is 0.571. The van der Waals surface area contributed by atoms with Crippen molar-refractivity contribution in [1.29, 1.82) is 0 Å². The van der Waals surface area contributed by atoms with Gasteiger partial charge >= 0.3 is 25.6 Å². The highest BCUT2D eigenvalue weighted by Crippen LogP contribution is 2.32. The van der Waals surface area contributed by atoms with Crippen molar-refractivity contribution in [3.05, 3.63) is 29.8 Å². The van der Waals surface area contributed by atoms with E-state index in [2.05, 4.69) is 0 Å². The second-order valence-electron chi connectivity index (χ2n) is 5.82. The molecule has 0 saturated carbocycles. The van der Waals surface area contributed by atoms with Gasteiger partial charge in [-0.2, -0.15) is 30.0 Å². The van der Waals surface area contributed by atoms with Gasteiger partial charge in [0.2, 0.25) is 0 Å². The molecule has 5 nitrogen and oxygen atoms in total. The topological polar surface area (TPSA) is 84.9 Å². The number of benzene rings is 1. The molecule has 0 spiro atoms. The summed E-state index contributed by atoms with van der Waals surface area (Å²) in [7, 11) is -10.6. The van der Waals surface area contributed by atoms with Crippen molar-refractivity contribution >= 4 is 20.0 Å². The molecule has 0 aliphatic rings. The summed E-state index contributed by atoms with van der Waals surface area (Å²) >= 11 is 0. The van der Waals surface area contributed by atoms with E-state index in [9.17, 15) is 30.0 Å². The third-order valence-electron chi connectivity index (χ3n) is 4.04. The van der Waals surface area contributed by atoms with Crippen LogP contribution in [0.25, 0.3) is 0 Å². The van der Waals surface area contributed by atoms with Gasteiger partial charge in [-0.15, -0.1) is 4.13 Å². The Labute approximate surface area is 140 Å². The third-order valence-corrected chi connectivity index (χ3v) is 7.64. The summed E-state index contributed by atoms with van der Waals surface area (Å²) in [5.41, 5.74) is -4.98. The number of alkyl halides is 3. The Morgan fingerprint density at radius 3 is 1.88 bits per heavy atom. The van der Waals surface area contributed by atoms with Crippen molar-refractivity contribution < 1.29 is 34.1 Å². The fourth-order valence-electron chi connectivity index (χ4n) is 2.40. The molecule has 0 aliphatic heterocycles. The van der Waals surface area contributed by atoms with E-state index < -0.39 is 34.6 Å². The van der Waals surface area contributed by atoms with Crippen LogP contribution in [0.3, 0.4) is 0 Å². The van der Waals surface area contributed by atoms with Crippen LogP contribution >= 0.6 is 0 Å². The summed E-state index contributed by atoms with van der Waals surface area (Å²) in [5, 5.41) is 0. The monoisotopic (exact) mass is 388 g/mol. The van der Waals surface area contributed by atoms with Crippen molar-refractivity contribution in [3.63, 3.8) is 0 Å². The first kappa shape index (κ1) is 20.9. The normalized spacial score (nSPS) is 15.9. The third kappa shape index (κ3) is 4.48. The lowest BCUT2D eigenvalue weighted by atomic mass is 9.77. The predicted octanol–water partition coefficient (Wildman–Crippen LogP) is 2.26. The van der Waals surface area contributed by atoms with Gasteiger partial charge in [-0.3, -0.25) is 0 Å². The number of halogens is 3. The largest absolute Gasteiger partial charge is 0.550 e. The minimum Gasteiger partial charge on any atom is -0.168 e. The summed E-state index contributed by atoms with van der Waals surface area (Å²) in [6, 6.07) is 5.30. The van der Waals surface area contributed by atoms with Gasteiger partial charge in [0.15, 0.2) is 0 Å². The van der Waals surface area contributed by atoms with E-state index in [1.165, 1.54) is 12.1 Å². The van der Waals surface area contributed by atoms with Crippen molar-refractivity contribution in [2.45, 2.75) is 55.9 Å². The summed E-state index contributed by atoms with van der Waals surface area (Å²) in [6.45, 7) is 6.02. The number of quaternary nitrogens is 1. The zero-order valence-corrected chi connectivity index (χ0v) is 15.2. The quantitative estimate of drug-likeness (QED) is 0.776. The zero-order valence-electron chi connectivity index (χ0n) is 13.6. The molecule has 0 fully saturated rings. The molecule has 0 bridgehead atoms. The minimum atomic E-state index is -5.87. The van der Waals surface area contributed by atoms with Gasteiger partial charge in [0.1, 0.15) is 4.90 Å². The molecule has 1 atom stereocenters. The van der Waals surface area contributed by atoms with Crippen LogP contribution in [0.15, 0.2) is 29.2 Å². The second kappa shape index (κ2) is 7.01. The molecule has 0 saturated heterocycles. The molecule has 24 heavy (non-hydrogen) atoms. The molecule has 10 heteroatoms. The number of hydrogen-bond acceptors (Lipinski definition) is 4. The van der Waals surface area contributed by atoms with E-state index in [0.29, 0.717) is 0 Å². The predicted molar refractivity (Wildman–Crippen MR) is 83.1 cm³/mol. The number of hydrogen-bond donors (Lipinski definition) is 1. The number of nitrogens with two attached hydrogens (primary N) is 1. The Hall–Kier alpha value is -1.13. The Morgan fingerprint density at radius 2 is 1.50 bits per heavy atom. The van der Waals surface area contributed by atoms with Crippen molar-refractivity contribution in [2.24, 2.45) is 0 Å². The maximum atomic E-state index is 12.3. The van der Waals surface area contributed by atoms with E-state index in [1.807, 2.05) is 20.8 Å². The molecule has 0 aromatic heterocycles. The van der Waals surface area contributed by atoms with Gasteiger partial charge in [0, 0.05) is 0 Å². The summed E-state index contributed by atoms with van der Waals surface area (Å²) < 4.78 is 82.3. The van der Waals surface area contributed by atoms with E-state index in [1.54, 1.807) is 0 Å². The molecule has 1 aromatic carbocycles. The minimum absolute atomic E-state index is 0.182. The molecule has 0 aliphatic carbocycles. The van der Waals surface area contributed by atoms with Gasteiger partial charge in [0.25, 0.3) is 0 Å². The van der Waals surface area contributed by atoms with Crippen LogP contribution < -0.4 is 4.13 Å². The zero-order chi connectivity index (χ0) is 18.8. The van der Waals surface area contributed by atoms with Crippen LogP contribution in [0.1, 0.15) is 45.6 Å². The Kier molecular flexibility index (Phi) is 6.11. The van der Waals surface area contributed by atoms with Crippen molar-refractivity contribution in [2.75, 3.05) is 0 Å². The molecule has 1 unspecified atom stereocenters. The van der Waals surface area contributed by atoms with Gasteiger partial charge < -0.3 is 0 Å². The lowest BCUT2D eigenvalue weighted by Crippen LogP contribution is -2.92. The lowest BCUT2D eigenvalue weighted by molar-refractivity contribution is -0.329. The second-order valence-corrected chi connectivity index (χ2v) is 9.70. The van der Waals surface area contributed by atoms with Crippen molar-refractivity contribution in [1.82, 2.24) is 0 Å². The van der Waals surface area contributed by atoms with Crippen LogP contribution in [0.4, 0.5) is 13.2 Å². The smallest absolute Gasteiger partial charge is 0.168 e. The summed E-state index contributed by atoms with van der Waals surface area (Å²) in [5.74, 6) is 0. The highest BCUT2D eigenvalue weighted by atomic mass is 32.3. The summed E-state index contributed by atoms with van der Waals surface area (Å²) in [6.07, 6.45) is 2.59. The standard InChI is InChI=1S/C14H20F3NO4S2/c1-4-10-13(3,5-2)11-6-8-12(9-7-11)23(19,20)18-24(21,22)14(15,16)17/h6-9,18H,4-5,10H2,1-3H3/p+1. The Balaban J connectivity index is 3.17. The molecule has 0 amide bonds. The first-order valence-electron chi connectivity index (χ1n) is 7.31. The lowest BCUT2D eigenvalue weighted by Gasteiger charge is -2.28. The molecule has 2 N–H and O–H groups in total. The molecular formula is C14H21F3NO4S2+. The van der Waals surface area contributed by atoms with Gasteiger partial charge in [-0.25, -0.2) is 0 Å². The van der Waals surface area contributed by atoms with E-state index in [0.717, 1.165) is 37.0 Å².